The second-order valence-electron chi connectivity index (χ2n) is 5.11. The van der Waals surface area contributed by atoms with Gasteiger partial charge in [-0.1, -0.05) is 28.1 Å². The molecular weight excluding hydrogens is 300 g/mol. The topological polar surface area (TPSA) is 24.9 Å². The summed E-state index contributed by atoms with van der Waals surface area (Å²) in [6, 6.07) is 11.5. The van der Waals surface area contributed by atoms with Gasteiger partial charge in [0, 0.05) is 29.0 Å². The Morgan fingerprint density at radius 3 is 3.05 bits per heavy atom. The summed E-state index contributed by atoms with van der Waals surface area (Å²) >= 11 is 3.54. The summed E-state index contributed by atoms with van der Waals surface area (Å²) in [5, 5.41) is 3.72. The van der Waals surface area contributed by atoms with E-state index in [1.54, 1.807) is 0 Å². The van der Waals surface area contributed by atoms with Crippen LogP contribution in [0.5, 0.6) is 0 Å². The first-order chi connectivity index (χ1) is 9.24. The Kier molecular flexibility index (Phi) is 3.67. The lowest BCUT2D eigenvalue weighted by Crippen LogP contribution is -2.23. The number of nitrogens with one attached hydrogen (secondary N) is 1. The van der Waals surface area contributed by atoms with Crippen LogP contribution in [-0.4, -0.2) is 4.98 Å². The standard InChI is InChI=1S/C16H17BrN2/c1-11(13-3-2-8-18-10-13)19-16-7-4-12-9-14(17)5-6-15(12)16/h2-3,5-6,8-11,16,19H,4,7H2,1H3/t11-,16?/m0/s1. The number of nitrogens with zero attached hydrogens (tertiary/aromatic N) is 1. The molecule has 98 valence electrons. The fourth-order valence-electron chi connectivity index (χ4n) is 2.79. The van der Waals surface area contributed by atoms with E-state index in [1.165, 1.54) is 27.6 Å². The van der Waals surface area contributed by atoms with Crippen molar-refractivity contribution in [3.05, 3.63) is 63.9 Å². The highest BCUT2D eigenvalue weighted by atomic mass is 79.9. The Hall–Kier alpha value is -1.19. The molecule has 1 unspecified atom stereocenters. The zero-order valence-corrected chi connectivity index (χ0v) is 12.5. The Morgan fingerprint density at radius 2 is 2.26 bits per heavy atom. The van der Waals surface area contributed by atoms with Crippen LogP contribution in [0, 0.1) is 0 Å². The van der Waals surface area contributed by atoms with Crippen LogP contribution < -0.4 is 5.32 Å². The molecule has 3 heteroatoms. The van der Waals surface area contributed by atoms with Crippen molar-refractivity contribution in [2.75, 3.05) is 0 Å². The van der Waals surface area contributed by atoms with Gasteiger partial charge in [0.15, 0.2) is 0 Å². The number of aryl methyl sites for hydroxylation is 1. The van der Waals surface area contributed by atoms with Crippen LogP contribution in [0.1, 0.15) is 42.1 Å². The van der Waals surface area contributed by atoms with E-state index in [1.807, 2.05) is 18.5 Å². The lowest BCUT2D eigenvalue weighted by Gasteiger charge is -2.20. The van der Waals surface area contributed by atoms with Crippen molar-refractivity contribution in [1.82, 2.24) is 10.3 Å². The third-order valence-electron chi connectivity index (χ3n) is 3.82. The quantitative estimate of drug-likeness (QED) is 0.918. The summed E-state index contributed by atoms with van der Waals surface area (Å²) in [6.45, 7) is 2.20. The van der Waals surface area contributed by atoms with Gasteiger partial charge in [-0.2, -0.15) is 0 Å². The van der Waals surface area contributed by atoms with Crippen LogP contribution in [0.15, 0.2) is 47.2 Å². The van der Waals surface area contributed by atoms with Crippen molar-refractivity contribution in [2.45, 2.75) is 31.8 Å². The van der Waals surface area contributed by atoms with Gasteiger partial charge in [0.25, 0.3) is 0 Å². The van der Waals surface area contributed by atoms with Gasteiger partial charge < -0.3 is 5.32 Å². The molecule has 0 saturated heterocycles. The maximum Gasteiger partial charge on any atom is 0.0331 e. The highest BCUT2D eigenvalue weighted by molar-refractivity contribution is 9.10. The van der Waals surface area contributed by atoms with Crippen LogP contribution in [0.25, 0.3) is 0 Å². The molecule has 0 bridgehead atoms. The largest absolute Gasteiger partial charge is 0.303 e. The number of rotatable bonds is 3. The molecule has 2 atom stereocenters. The Labute approximate surface area is 122 Å². The molecule has 1 aliphatic carbocycles. The van der Waals surface area contributed by atoms with Crippen LogP contribution in [0.4, 0.5) is 0 Å². The maximum absolute atomic E-state index is 4.19. The Bertz CT molecular complexity index is 568. The maximum atomic E-state index is 4.19. The van der Waals surface area contributed by atoms with Gasteiger partial charge in [-0.05, 0) is 54.7 Å². The summed E-state index contributed by atoms with van der Waals surface area (Å²) in [5.74, 6) is 0. The monoisotopic (exact) mass is 316 g/mol. The molecule has 1 aromatic heterocycles. The molecule has 1 N–H and O–H groups in total. The van der Waals surface area contributed by atoms with Crippen LogP contribution in [-0.2, 0) is 6.42 Å². The van der Waals surface area contributed by atoms with Gasteiger partial charge in [0.05, 0.1) is 0 Å². The fraction of sp³-hybridized carbons (Fsp3) is 0.312. The van der Waals surface area contributed by atoms with Crippen LogP contribution in [0.2, 0.25) is 0 Å². The minimum Gasteiger partial charge on any atom is -0.303 e. The van der Waals surface area contributed by atoms with Crippen LogP contribution >= 0.6 is 15.9 Å². The first-order valence-corrected chi connectivity index (χ1v) is 7.47. The molecular formula is C16H17BrN2. The fourth-order valence-corrected chi connectivity index (χ4v) is 3.20. The van der Waals surface area contributed by atoms with Crippen molar-refractivity contribution >= 4 is 15.9 Å². The number of fused-ring (bicyclic) bond motifs is 1. The predicted octanol–water partition coefficient (Wildman–Crippen LogP) is 4.18. The zero-order chi connectivity index (χ0) is 13.2. The second-order valence-corrected chi connectivity index (χ2v) is 6.02. The molecule has 1 heterocycles. The first kappa shape index (κ1) is 12.8. The highest BCUT2D eigenvalue weighted by Gasteiger charge is 2.23. The van der Waals surface area contributed by atoms with E-state index in [9.17, 15) is 0 Å². The highest BCUT2D eigenvalue weighted by Crippen LogP contribution is 2.34. The molecule has 1 aromatic carbocycles. The summed E-state index contributed by atoms with van der Waals surface area (Å²) < 4.78 is 1.17. The normalized spacial score (nSPS) is 19.2. The van der Waals surface area contributed by atoms with Gasteiger partial charge >= 0.3 is 0 Å². The van der Waals surface area contributed by atoms with Crippen molar-refractivity contribution in [3.63, 3.8) is 0 Å². The lowest BCUT2D eigenvalue weighted by molar-refractivity contribution is 0.464. The van der Waals surface area contributed by atoms with Crippen molar-refractivity contribution in [3.8, 4) is 0 Å². The van der Waals surface area contributed by atoms with Crippen molar-refractivity contribution in [2.24, 2.45) is 0 Å². The van der Waals surface area contributed by atoms with E-state index in [0.29, 0.717) is 12.1 Å². The second kappa shape index (κ2) is 5.43. The van der Waals surface area contributed by atoms with E-state index in [4.69, 9.17) is 0 Å². The molecule has 0 aliphatic heterocycles. The Balaban J connectivity index is 1.76. The molecule has 1 aliphatic rings. The van der Waals surface area contributed by atoms with Crippen molar-refractivity contribution < 1.29 is 0 Å². The number of aromatic nitrogens is 1. The third-order valence-corrected chi connectivity index (χ3v) is 4.31. The van der Waals surface area contributed by atoms with Crippen molar-refractivity contribution in [1.29, 1.82) is 0 Å². The Morgan fingerprint density at radius 1 is 1.37 bits per heavy atom. The average Bonchev–Trinajstić information content (AvgIpc) is 2.82. The van der Waals surface area contributed by atoms with Gasteiger partial charge in [0.1, 0.15) is 0 Å². The van der Waals surface area contributed by atoms with E-state index in [-0.39, 0.29) is 0 Å². The molecule has 0 amide bonds. The minimum absolute atomic E-state index is 0.327. The molecule has 2 aromatic rings. The van der Waals surface area contributed by atoms with E-state index in [2.05, 4.69) is 57.4 Å². The van der Waals surface area contributed by atoms with E-state index >= 15 is 0 Å². The molecule has 19 heavy (non-hydrogen) atoms. The zero-order valence-electron chi connectivity index (χ0n) is 10.9. The molecule has 0 radical (unpaired) electrons. The number of halogens is 1. The smallest absolute Gasteiger partial charge is 0.0331 e. The average molecular weight is 317 g/mol. The van der Waals surface area contributed by atoms with Gasteiger partial charge in [-0.25, -0.2) is 0 Å². The number of hydrogen-bond donors (Lipinski definition) is 1. The SMILES string of the molecule is C[C@H](NC1CCc2cc(Br)ccc21)c1cccnc1. The summed E-state index contributed by atoms with van der Waals surface area (Å²) in [4.78, 5) is 4.19. The number of pyridine rings is 1. The van der Waals surface area contributed by atoms with E-state index in [0.717, 1.165) is 6.42 Å². The van der Waals surface area contributed by atoms with Gasteiger partial charge in [-0.15, -0.1) is 0 Å². The molecule has 0 fully saturated rings. The lowest BCUT2D eigenvalue weighted by atomic mass is 10.1. The summed E-state index contributed by atoms with van der Waals surface area (Å²) in [7, 11) is 0. The molecule has 3 rings (SSSR count). The van der Waals surface area contributed by atoms with Gasteiger partial charge in [-0.3, -0.25) is 4.98 Å². The summed E-state index contributed by atoms with van der Waals surface area (Å²) in [5.41, 5.74) is 4.15. The van der Waals surface area contributed by atoms with Gasteiger partial charge in [0.2, 0.25) is 0 Å². The first-order valence-electron chi connectivity index (χ1n) is 6.68. The number of benzene rings is 1. The predicted molar refractivity (Wildman–Crippen MR) is 81.0 cm³/mol. The third kappa shape index (κ3) is 2.72. The molecule has 2 nitrogen and oxygen atoms in total. The number of hydrogen-bond acceptors (Lipinski definition) is 2. The summed E-state index contributed by atoms with van der Waals surface area (Å²) in [6.07, 6.45) is 6.09. The minimum atomic E-state index is 0.327. The molecule has 0 spiro atoms. The molecule has 0 saturated carbocycles. The van der Waals surface area contributed by atoms with E-state index < -0.39 is 0 Å². The van der Waals surface area contributed by atoms with Crippen LogP contribution in [0.3, 0.4) is 0 Å².